The van der Waals surface area contributed by atoms with Gasteiger partial charge < -0.3 is 28.8 Å². The molecular formula is C64H113N2O6P. The number of phosphoric ester groups is 1. The Bertz CT molecular complexity index is 1550. The molecule has 0 aliphatic heterocycles. The second-order valence-electron chi connectivity index (χ2n) is 21.0. The van der Waals surface area contributed by atoms with Crippen LogP contribution in [0.1, 0.15) is 239 Å². The zero-order valence-corrected chi connectivity index (χ0v) is 48.7. The van der Waals surface area contributed by atoms with Crippen LogP contribution in [0, 0.1) is 0 Å². The number of nitrogens with zero attached hydrogens (tertiary/aromatic N) is 1. The van der Waals surface area contributed by atoms with Crippen molar-refractivity contribution in [2.45, 2.75) is 251 Å². The van der Waals surface area contributed by atoms with Crippen LogP contribution < -0.4 is 10.2 Å². The summed E-state index contributed by atoms with van der Waals surface area (Å²) in [5, 5.41) is 13.8. The predicted molar refractivity (Wildman–Crippen MR) is 316 cm³/mol. The second kappa shape index (κ2) is 54.0. The molecule has 0 bridgehead atoms. The van der Waals surface area contributed by atoms with Gasteiger partial charge in [-0.15, -0.1) is 0 Å². The van der Waals surface area contributed by atoms with E-state index in [1.807, 2.05) is 27.2 Å². The van der Waals surface area contributed by atoms with E-state index in [1.165, 1.54) is 135 Å². The van der Waals surface area contributed by atoms with Crippen molar-refractivity contribution in [1.29, 1.82) is 0 Å². The van der Waals surface area contributed by atoms with Gasteiger partial charge in [-0.2, -0.15) is 0 Å². The fraction of sp³-hybridized carbons (Fsp3) is 0.703. The minimum atomic E-state index is -4.61. The molecule has 3 unspecified atom stereocenters. The predicted octanol–water partition coefficient (Wildman–Crippen LogP) is 17.7. The number of allylic oxidation sites excluding steroid dienone is 17. The molecule has 1 amide bonds. The number of unbranched alkanes of at least 4 members (excludes halogenated alkanes) is 24. The number of aliphatic hydroxyl groups excluding tert-OH is 1. The maximum atomic E-state index is 13.0. The summed E-state index contributed by atoms with van der Waals surface area (Å²) in [5.41, 5.74) is 0. The third kappa shape index (κ3) is 56.7. The monoisotopic (exact) mass is 1040 g/mol. The first kappa shape index (κ1) is 70.2. The highest BCUT2D eigenvalue weighted by atomic mass is 31.2. The third-order valence-corrected chi connectivity index (χ3v) is 13.7. The first-order chi connectivity index (χ1) is 35.5. The second-order valence-corrected chi connectivity index (χ2v) is 22.4. The smallest absolute Gasteiger partial charge is 0.268 e. The Morgan fingerprint density at radius 1 is 0.493 bits per heavy atom. The zero-order chi connectivity index (χ0) is 53.5. The number of hydrogen-bond acceptors (Lipinski definition) is 6. The zero-order valence-electron chi connectivity index (χ0n) is 47.8. The van der Waals surface area contributed by atoms with Crippen molar-refractivity contribution in [2.75, 3.05) is 40.9 Å². The van der Waals surface area contributed by atoms with E-state index in [-0.39, 0.29) is 12.5 Å². The van der Waals surface area contributed by atoms with Gasteiger partial charge in [-0.25, -0.2) is 0 Å². The van der Waals surface area contributed by atoms with E-state index >= 15 is 0 Å². The van der Waals surface area contributed by atoms with Crippen LogP contribution in [0.3, 0.4) is 0 Å². The number of carbonyl (C=O) groups excluding carboxylic acids is 1. The maximum absolute atomic E-state index is 13.0. The Kier molecular flexibility index (Phi) is 51.9. The summed E-state index contributed by atoms with van der Waals surface area (Å²) < 4.78 is 23.3. The summed E-state index contributed by atoms with van der Waals surface area (Å²) in [7, 11) is 1.24. The number of aliphatic hydroxyl groups is 1. The molecule has 0 heterocycles. The van der Waals surface area contributed by atoms with Gasteiger partial charge in [0.1, 0.15) is 13.2 Å². The highest BCUT2D eigenvalue weighted by molar-refractivity contribution is 7.45. The molecule has 9 heteroatoms. The van der Waals surface area contributed by atoms with Gasteiger partial charge in [0.05, 0.1) is 39.9 Å². The standard InChI is InChI=1S/C64H113N2O6P/c1-6-8-10-12-14-16-18-20-22-23-24-25-26-27-28-29-30-31-32-33-34-35-36-37-38-39-40-41-42-43-44-46-48-50-52-54-56-58-64(68)65-62(61-72-73(69,70)71-60-59-66(3,4)5)63(67)57-55-53-51-49-47-45-21-19-17-15-13-11-9-7-2/h8,10,14,16,20,22,24-25,27-28,30-31,33-34,47,49,55,57,62-63,67H,6-7,9,11-13,15,17-19,21,23,26,29,32,35-46,48,50-54,56,58-61H2,1-5H3,(H-,65,68,69,70)/b10-8-,16-14-,22-20-,25-24-,28-27-,31-30-,34-33-,49-47+,57-55+. The van der Waals surface area contributed by atoms with E-state index in [0.29, 0.717) is 17.4 Å². The Labute approximate surface area is 451 Å². The Morgan fingerprint density at radius 3 is 1.27 bits per heavy atom. The van der Waals surface area contributed by atoms with Crippen LogP contribution in [0.25, 0.3) is 0 Å². The van der Waals surface area contributed by atoms with Gasteiger partial charge in [0.25, 0.3) is 7.82 Å². The van der Waals surface area contributed by atoms with E-state index in [0.717, 1.165) is 83.5 Å². The lowest BCUT2D eigenvalue weighted by Gasteiger charge is -2.29. The molecule has 0 spiro atoms. The molecule has 0 aliphatic carbocycles. The number of hydrogen-bond donors (Lipinski definition) is 2. The van der Waals surface area contributed by atoms with E-state index in [9.17, 15) is 19.4 Å². The van der Waals surface area contributed by atoms with Gasteiger partial charge in [0.15, 0.2) is 0 Å². The summed E-state index contributed by atoms with van der Waals surface area (Å²) in [4.78, 5) is 25.5. The van der Waals surface area contributed by atoms with Gasteiger partial charge in [0.2, 0.25) is 5.91 Å². The van der Waals surface area contributed by atoms with Gasteiger partial charge in [-0.05, 0) is 89.9 Å². The summed E-state index contributed by atoms with van der Waals surface area (Å²) in [6.07, 6.45) is 78.9. The molecule has 0 aromatic carbocycles. The van der Waals surface area contributed by atoms with Crippen molar-refractivity contribution in [3.63, 3.8) is 0 Å². The lowest BCUT2D eigenvalue weighted by molar-refractivity contribution is -0.870. The molecular weight excluding hydrogens is 924 g/mol. The molecule has 420 valence electrons. The Hall–Kier alpha value is -2.84. The van der Waals surface area contributed by atoms with Crippen LogP contribution >= 0.6 is 7.82 Å². The number of carbonyl (C=O) groups is 1. The summed E-state index contributed by atoms with van der Waals surface area (Å²) >= 11 is 0. The van der Waals surface area contributed by atoms with Gasteiger partial charge in [-0.1, -0.05) is 252 Å². The molecule has 8 nitrogen and oxygen atoms in total. The summed E-state index contributed by atoms with van der Waals surface area (Å²) in [5.74, 6) is -0.211. The SMILES string of the molecule is CC/C=C\C/C=C\C/C=C\C/C=C\C/C=C\C/C=C\C/C=C\CCCCCCCCCCCCCCCCCC(=O)NC(COP(=O)([O-])OCC[N+](C)(C)C)C(O)/C=C/CC/C=C/CCCCCCCCCC. The van der Waals surface area contributed by atoms with Crippen LogP contribution in [0.4, 0.5) is 0 Å². The topological polar surface area (TPSA) is 108 Å². The van der Waals surface area contributed by atoms with Crippen LogP contribution in [-0.2, 0) is 18.4 Å². The first-order valence-corrected chi connectivity index (χ1v) is 31.2. The van der Waals surface area contributed by atoms with Crippen LogP contribution in [0.5, 0.6) is 0 Å². The number of amides is 1. The molecule has 2 N–H and O–H groups in total. The van der Waals surface area contributed by atoms with Crippen molar-refractivity contribution in [3.8, 4) is 0 Å². The Balaban J connectivity index is 4.07. The molecule has 0 fully saturated rings. The number of nitrogens with one attached hydrogen (secondary N) is 1. The van der Waals surface area contributed by atoms with Crippen molar-refractivity contribution < 1.29 is 32.9 Å². The normalized spacial score (nSPS) is 14.7. The maximum Gasteiger partial charge on any atom is 0.268 e. The third-order valence-electron chi connectivity index (χ3n) is 12.7. The number of rotatable bonds is 53. The van der Waals surface area contributed by atoms with E-state index in [1.54, 1.807) is 6.08 Å². The average molecular weight is 1040 g/mol. The van der Waals surface area contributed by atoms with Crippen molar-refractivity contribution in [3.05, 3.63) is 109 Å². The minimum Gasteiger partial charge on any atom is -0.756 e. The quantitative estimate of drug-likeness (QED) is 0.0272. The molecule has 0 saturated carbocycles. The van der Waals surface area contributed by atoms with E-state index < -0.39 is 26.6 Å². The van der Waals surface area contributed by atoms with Gasteiger partial charge >= 0.3 is 0 Å². The largest absolute Gasteiger partial charge is 0.756 e. The molecule has 3 atom stereocenters. The lowest BCUT2D eigenvalue weighted by Crippen LogP contribution is -2.45. The lowest BCUT2D eigenvalue weighted by atomic mass is 10.0. The number of phosphoric acid groups is 1. The van der Waals surface area contributed by atoms with Crippen LogP contribution in [0.15, 0.2) is 109 Å². The summed E-state index contributed by atoms with van der Waals surface area (Å²) in [6, 6.07) is -0.908. The molecule has 73 heavy (non-hydrogen) atoms. The molecule has 0 aliphatic rings. The van der Waals surface area contributed by atoms with Crippen molar-refractivity contribution in [2.24, 2.45) is 0 Å². The Morgan fingerprint density at radius 2 is 0.849 bits per heavy atom. The fourth-order valence-electron chi connectivity index (χ4n) is 8.09. The van der Waals surface area contributed by atoms with Crippen molar-refractivity contribution in [1.82, 2.24) is 5.32 Å². The number of quaternary nitrogens is 1. The highest BCUT2D eigenvalue weighted by Gasteiger charge is 2.23. The van der Waals surface area contributed by atoms with Crippen LogP contribution in [0.2, 0.25) is 0 Å². The number of likely N-dealkylation sites (N-methyl/N-ethyl adjacent to an activating group) is 1. The van der Waals surface area contributed by atoms with Gasteiger partial charge in [-0.3, -0.25) is 9.36 Å². The van der Waals surface area contributed by atoms with Gasteiger partial charge in [0, 0.05) is 6.42 Å². The fourth-order valence-corrected chi connectivity index (χ4v) is 8.81. The van der Waals surface area contributed by atoms with E-state index in [2.05, 4.69) is 116 Å². The van der Waals surface area contributed by atoms with Crippen LogP contribution in [-0.4, -0.2) is 68.5 Å². The molecule has 0 aromatic heterocycles. The van der Waals surface area contributed by atoms with E-state index in [4.69, 9.17) is 9.05 Å². The minimum absolute atomic E-state index is 0.00995. The molecule has 0 saturated heterocycles. The van der Waals surface area contributed by atoms with Crippen molar-refractivity contribution >= 4 is 13.7 Å². The molecule has 0 radical (unpaired) electrons. The molecule has 0 aromatic rings. The molecule has 0 rings (SSSR count). The highest BCUT2D eigenvalue weighted by Crippen LogP contribution is 2.38. The summed E-state index contributed by atoms with van der Waals surface area (Å²) in [6.45, 7) is 4.50. The first-order valence-electron chi connectivity index (χ1n) is 29.7. The average Bonchev–Trinajstić information content (AvgIpc) is 3.35.